The first-order valence-electron chi connectivity index (χ1n) is 5.97. The number of hydrogen-bond acceptors (Lipinski definition) is 5. The molecule has 0 aliphatic rings. The second kappa shape index (κ2) is 5.55. The highest BCUT2D eigenvalue weighted by Gasteiger charge is 2.08. The maximum Gasteiger partial charge on any atom is 0.336 e. The molecular formula is C12H16N6O2. The Bertz CT molecular complexity index is 655. The van der Waals surface area contributed by atoms with Crippen molar-refractivity contribution in [1.82, 2.24) is 25.0 Å². The van der Waals surface area contributed by atoms with Crippen molar-refractivity contribution in [2.45, 2.75) is 13.8 Å². The van der Waals surface area contributed by atoms with E-state index in [9.17, 15) is 4.79 Å². The average Bonchev–Trinajstić information content (AvgIpc) is 2.94. The van der Waals surface area contributed by atoms with Crippen LogP contribution < -0.4 is 10.1 Å². The van der Waals surface area contributed by atoms with Crippen LogP contribution >= 0.6 is 0 Å². The van der Waals surface area contributed by atoms with Gasteiger partial charge in [-0.1, -0.05) is 0 Å². The number of nitrogens with one attached hydrogen (secondary N) is 2. The SMILES string of the molecule is COc1n[nH]c(NC(=O)/C=C/c2c(C)nn(C)c2C)n1. The molecule has 2 heterocycles. The Balaban J connectivity index is 2.05. The predicted octanol–water partition coefficient (Wildman–Crippen LogP) is 0.816. The lowest BCUT2D eigenvalue weighted by molar-refractivity contribution is -0.111. The van der Waals surface area contributed by atoms with E-state index in [0.29, 0.717) is 0 Å². The van der Waals surface area contributed by atoms with Crippen molar-refractivity contribution in [3.05, 3.63) is 23.0 Å². The van der Waals surface area contributed by atoms with Crippen LogP contribution in [0.15, 0.2) is 6.08 Å². The fourth-order valence-electron chi connectivity index (χ4n) is 1.74. The molecule has 0 saturated carbocycles. The average molecular weight is 276 g/mol. The molecule has 8 heteroatoms. The van der Waals surface area contributed by atoms with E-state index in [2.05, 4.69) is 25.6 Å². The number of methoxy groups -OCH3 is 1. The number of aryl methyl sites for hydroxylation is 2. The summed E-state index contributed by atoms with van der Waals surface area (Å²) >= 11 is 0. The minimum Gasteiger partial charge on any atom is -0.466 e. The van der Waals surface area contributed by atoms with Crippen LogP contribution in [-0.4, -0.2) is 38.0 Å². The molecule has 0 aliphatic heterocycles. The number of hydrogen-bond donors (Lipinski definition) is 2. The van der Waals surface area contributed by atoms with Gasteiger partial charge < -0.3 is 4.74 Å². The zero-order valence-corrected chi connectivity index (χ0v) is 11.8. The Morgan fingerprint density at radius 1 is 1.45 bits per heavy atom. The van der Waals surface area contributed by atoms with Gasteiger partial charge in [0, 0.05) is 24.4 Å². The summed E-state index contributed by atoms with van der Waals surface area (Å²) in [5, 5.41) is 13.1. The number of aromatic amines is 1. The number of H-pyrrole nitrogens is 1. The molecule has 2 aromatic rings. The number of nitrogens with zero attached hydrogens (tertiary/aromatic N) is 4. The zero-order chi connectivity index (χ0) is 14.7. The van der Waals surface area contributed by atoms with E-state index in [-0.39, 0.29) is 17.9 Å². The van der Waals surface area contributed by atoms with Crippen LogP contribution in [0.5, 0.6) is 6.01 Å². The largest absolute Gasteiger partial charge is 0.466 e. The summed E-state index contributed by atoms with van der Waals surface area (Å²) in [7, 11) is 3.31. The molecule has 0 bridgehead atoms. The Morgan fingerprint density at radius 2 is 2.20 bits per heavy atom. The summed E-state index contributed by atoms with van der Waals surface area (Å²) in [6.45, 7) is 3.84. The van der Waals surface area contributed by atoms with Crippen LogP contribution in [0.4, 0.5) is 5.95 Å². The second-order valence-electron chi connectivity index (χ2n) is 4.20. The first-order valence-corrected chi connectivity index (χ1v) is 5.97. The highest BCUT2D eigenvalue weighted by molar-refractivity contribution is 6.01. The lowest BCUT2D eigenvalue weighted by Crippen LogP contribution is -2.09. The van der Waals surface area contributed by atoms with Gasteiger partial charge in [0.15, 0.2) is 0 Å². The van der Waals surface area contributed by atoms with E-state index in [1.54, 1.807) is 10.8 Å². The number of rotatable bonds is 4. The van der Waals surface area contributed by atoms with E-state index < -0.39 is 0 Å². The molecule has 8 nitrogen and oxygen atoms in total. The molecule has 20 heavy (non-hydrogen) atoms. The fraction of sp³-hybridized carbons (Fsp3) is 0.333. The van der Waals surface area contributed by atoms with Crippen molar-refractivity contribution in [2.75, 3.05) is 12.4 Å². The van der Waals surface area contributed by atoms with Gasteiger partial charge in [0.25, 0.3) is 5.91 Å². The summed E-state index contributed by atoms with van der Waals surface area (Å²) in [5.74, 6) is -0.0809. The Labute approximate surface area is 115 Å². The molecule has 1 amide bonds. The number of carbonyl (C=O) groups excluding carboxylic acids is 1. The van der Waals surface area contributed by atoms with Gasteiger partial charge in [0.05, 0.1) is 12.8 Å². The lowest BCUT2D eigenvalue weighted by atomic mass is 10.2. The van der Waals surface area contributed by atoms with Gasteiger partial charge >= 0.3 is 6.01 Å². The van der Waals surface area contributed by atoms with Crippen LogP contribution in [0, 0.1) is 13.8 Å². The van der Waals surface area contributed by atoms with Gasteiger partial charge in [0.1, 0.15) is 0 Å². The van der Waals surface area contributed by atoms with Crippen molar-refractivity contribution in [1.29, 1.82) is 0 Å². The number of aromatic nitrogens is 5. The molecule has 2 rings (SSSR count). The van der Waals surface area contributed by atoms with Gasteiger partial charge in [-0.05, 0) is 19.9 Å². The molecule has 0 spiro atoms. The quantitative estimate of drug-likeness (QED) is 0.805. The summed E-state index contributed by atoms with van der Waals surface area (Å²) in [5.41, 5.74) is 2.79. The molecular weight excluding hydrogens is 260 g/mol. The maximum absolute atomic E-state index is 11.8. The molecule has 0 unspecified atom stereocenters. The van der Waals surface area contributed by atoms with Crippen molar-refractivity contribution in [3.8, 4) is 6.01 Å². The van der Waals surface area contributed by atoms with Gasteiger partial charge in [-0.2, -0.15) is 10.1 Å². The minimum atomic E-state index is -0.313. The number of amides is 1. The van der Waals surface area contributed by atoms with Crippen molar-refractivity contribution in [2.24, 2.45) is 7.05 Å². The van der Waals surface area contributed by atoms with E-state index in [1.807, 2.05) is 20.9 Å². The molecule has 0 aromatic carbocycles. The molecule has 106 valence electrons. The fourth-order valence-corrected chi connectivity index (χ4v) is 1.74. The highest BCUT2D eigenvalue weighted by Crippen LogP contribution is 2.13. The van der Waals surface area contributed by atoms with Crippen LogP contribution in [0.1, 0.15) is 17.0 Å². The van der Waals surface area contributed by atoms with E-state index in [4.69, 9.17) is 4.74 Å². The summed E-state index contributed by atoms with van der Waals surface area (Å²) < 4.78 is 6.58. The number of anilines is 1. The van der Waals surface area contributed by atoms with E-state index >= 15 is 0 Å². The number of ether oxygens (including phenoxy) is 1. The van der Waals surface area contributed by atoms with Crippen LogP contribution in [0.25, 0.3) is 6.08 Å². The summed E-state index contributed by atoms with van der Waals surface area (Å²) in [6.07, 6.45) is 3.15. The van der Waals surface area contributed by atoms with Gasteiger partial charge in [-0.25, -0.2) is 5.10 Å². The summed E-state index contributed by atoms with van der Waals surface area (Å²) in [4.78, 5) is 15.7. The van der Waals surface area contributed by atoms with Crippen LogP contribution in [-0.2, 0) is 11.8 Å². The highest BCUT2D eigenvalue weighted by atomic mass is 16.5. The first-order chi connectivity index (χ1) is 9.51. The normalized spacial score (nSPS) is 11.0. The molecule has 0 saturated heterocycles. The van der Waals surface area contributed by atoms with Gasteiger partial charge in [0.2, 0.25) is 5.95 Å². The third-order valence-electron chi connectivity index (χ3n) is 2.86. The minimum absolute atomic E-state index is 0.170. The Hall–Kier alpha value is -2.64. The second-order valence-corrected chi connectivity index (χ2v) is 4.20. The Morgan fingerprint density at radius 3 is 2.75 bits per heavy atom. The molecule has 0 atom stereocenters. The van der Waals surface area contributed by atoms with Crippen LogP contribution in [0.3, 0.4) is 0 Å². The van der Waals surface area contributed by atoms with Crippen LogP contribution in [0.2, 0.25) is 0 Å². The van der Waals surface area contributed by atoms with Crippen molar-refractivity contribution < 1.29 is 9.53 Å². The summed E-state index contributed by atoms with van der Waals surface area (Å²) in [6, 6.07) is 0.170. The number of carbonyl (C=O) groups is 1. The van der Waals surface area contributed by atoms with E-state index in [0.717, 1.165) is 17.0 Å². The molecule has 0 radical (unpaired) electrons. The van der Waals surface area contributed by atoms with Gasteiger partial charge in [-0.3, -0.25) is 14.8 Å². The molecule has 2 N–H and O–H groups in total. The van der Waals surface area contributed by atoms with Crippen molar-refractivity contribution >= 4 is 17.9 Å². The lowest BCUT2D eigenvalue weighted by Gasteiger charge is -1.96. The van der Waals surface area contributed by atoms with Gasteiger partial charge in [-0.15, -0.1) is 5.10 Å². The maximum atomic E-state index is 11.8. The van der Waals surface area contributed by atoms with E-state index in [1.165, 1.54) is 13.2 Å². The third kappa shape index (κ3) is 2.85. The third-order valence-corrected chi connectivity index (χ3v) is 2.86. The topological polar surface area (TPSA) is 97.7 Å². The zero-order valence-electron chi connectivity index (χ0n) is 11.8. The standard InChI is InChI=1S/C12H16N6O2/c1-7-9(8(2)18(3)17-7)5-6-10(19)13-11-14-12(20-4)16-15-11/h5-6H,1-4H3,(H2,13,14,15,16,19)/b6-5+. The predicted molar refractivity (Wildman–Crippen MR) is 73.3 cm³/mol. The Kier molecular flexibility index (Phi) is 3.83. The van der Waals surface area contributed by atoms with Crippen molar-refractivity contribution in [3.63, 3.8) is 0 Å². The molecule has 0 fully saturated rings. The first kappa shape index (κ1) is 13.8. The molecule has 0 aliphatic carbocycles. The molecule has 2 aromatic heterocycles. The smallest absolute Gasteiger partial charge is 0.336 e. The monoisotopic (exact) mass is 276 g/mol.